The second-order valence-electron chi connectivity index (χ2n) is 5.24. The van der Waals surface area contributed by atoms with Crippen LogP contribution in [0.2, 0.25) is 0 Å². The molecule has 0 bridgehead atoms. The second-order valence-corrected chi connectivity index (χ2v) is 8.07. The van der Waals surface area contributed by atoms with Crippen molar-refractivity contribution >= 4 is 38.4 Å². The average molecular weight is 398 g/mol. The molecule has 1 aromatic carbocycles. The molecule has 0 aromatic heterocycles. The van der Waals surface area contributed by atoms with Gasteiger partial charge in [0.25, 0.3) is 0 Å². The molecule has 2 aliphatic heterocycles. The minimum absolute atomic E-state index is 0. The fraction of sp³-hybridized carbons (Fsp3) is 0.538. The molecule has 0 saturated carbocycles. The Labute approximate surface area is 139 Å². The van der Waals surface area contributed by atoms with Crippen LogP contribution in [0.1, 0.15) is 12.0 Å². The predicted octanol–water partition coefficient (Wildman–Crippen LogP) is 1.78. The standard InChI is InChI=1S/C13H17BrN2O3S.ClH/c14-11-5-10-2-4-19-13(10)12(6-11)20(17,18)16-3-1-9(7-15)8-16;/h5-6,9H,1-4,7-8,15H2;1H. The third kappa shape index (κ3) is 3.07. The summed E-state index contributed by atoms with van der Waals surface area (Å²) in [4.78, 5) is 0.275. The third-order valence-electron chi connectivity index (χ3n) is 3.91. The number of hydrogen-bond donors (Lipinski definition) is 1. The molecule has 0 amide bonds. The van der Waals surface area contributed by atoms with Crippen LogP contribution < -0.4 is 10.5 Å². The molecule has 1 aromatic rings. The van der Waals surface area contributed by atoms with Crippen molar-refractivity contribution in [1.29, 1.82) is 0 Å². The first kappa shape index (κ1) is 17.0. The summed E-state index contributed by atoms with van der Waals surface area (Å²) in [6, 6.07) is 3.56. The van der Waals surface area contributed by atoms with E-state index >= 15 is 0 Å². The van der Waals surface area contributed by atoms with Gasteiger partial charge in [-0.1, -0.05) is 15.9 Å². The van der Waals surface area contributed by atoms with Gasteiger partial charge in [0.15, 0.2) is 0 Å². The Hall–Kier alpha value is -0.340. The van der Waals surface area contributed by atoms with E-state index in [0.29, 0.717) is 32.0 Å². The summed E-state index contributed by atoms with van der Waals surface area (Å²) < 4.78 is 33.4. The van der Waals surface area contributed by atoms with E-state index in [0.717, 1.165) is 22.9 Å². The number of nitrogens with zero attached hydrogens (tertiary/aromatic N) is 1. The van der Waals surface area contributed by atoms with Gasteiger partial charge in [0, 0.05) is 29.5 Å². The topological polar surface area (TPSA) is 72.6 Å². The molecule has 2 aliphatic rings. The summed E-state index contributed by atoms with van der Waals surface area (Å²) in [7, 11) is -3.51. The molecular formula is C13H18BrClN2O3S. The predicted molar refractivity (Wildman–Crippen MR) is 86.5 cm³/mol. The maximum absolute atomic E-state index is 12.8. The molecule has 8 heteroatoms. The zero-order valence-electron chi connectivity index (χ0n) is 11.4. The number of benzene rings is 1. The van der Waals surface area contributed by atoms with Gasteiger partial charge in [0.1, 0.15) is 10.6 Å². The van der Waals surface area contributed by atoms with Crippen molar-refractivity contribution in [2.45, 2.75) is 17.7 Å². The van der Waals surface area contributed by atoms with Crippen LogP contribution in [-0.2, 0) is 16.4 Å². The van der Waals surface area contributed by atoms with Gasteiger partial charge in [-0.05, 0) is 31.0 Å². The van der Waals surface area contributed by atoms with Crippen molar-refractivity contribution in [3.63, 3.8) is 0 Å². The third-order valence-corrected chi connectivity index (χ3v) is 6.24. The smallest absolute Gasteiger partial charge is 0.246 e. The number of hydrogen-bond acceptors (Lipinski definition) is 4. The van der Waals surface area contributed by atoms with E-state index in [1.165, 1.54) is 4.31 Å². The minimum Gasteiger partial charge on any atom is -0.492 e. The van der Waals surface area contributed by atoms with Crippen LogP contribution in [0.25, 0.3) is 0 Å². The first-order valence-electron chi connectivity index (χ1n) is 6.68. The van der Waals surface area contributed by atoms with Gasteiger partial charge < -0.3 is 10.5 Å². The Morgan fingerprint density at radius 2 is 2.19 bits per heavy atom. The van der Waals surface area contributed by atoms with E-state index in [9.17, 15) is 8.42 Å². The molecule has 118 valence electrons. The Balaban J connectivity index is 0.00000161. The van der Waals surface area contributed by atoms with Gasteiger partial charge in [0.05, 0.1) is 6.61 Å². The van der Waals surface area contributed by atoms with Crippen LogP contribution in [0.15, 0.2) is 21.5 Å². The largest absolute Gasteiger partial charge is 0.492 e. The lowest BCUT2D eigenvalue weighted by Gasteiger charge is -2.18. The van der Waals surface area contributed by atoms with Crippen LogP contribution >= 0.6 is 28.3 Å². The SMILES string of the molecule is Cl.NCC1CCN(S(=O)(=O)c2cc(Br)cc3c2OCC3)C1. The molecule has 5 nitrogen and oxygen atoms in total. The van der Waals surface area contributed by atoms with Gasteiger partial charge in [-0.15, -0.1) is 12.4 Å². The van der Waals surface area contributed by atoms with E-state index in [4.69, 9.17) is 10.5 Å². The van der Waals surface area contributed by atoms with Crippen molar-refractivity contribution < 1.29 is 13.2 Å². The second kappa shape index (κ2) is 6.42. The molecular weight excluding hydrogens is 380 g/mol. The van der Waals surface area contributed by atoms with Crippen molar-refractivity contribution in [3.05, 3.63) is 22.2 Å². The lowest BCUT2D eigenvalue weighted by atomic mass is 10.1. The Kier molecular flexibility index (Phi) is 5.20. The minimum atomic E-state index is -3.51. The molecule has 21 heavy (non-hydrogen) atoms. The molecule has 1 atom stereocenters. The summed E-state index contributed by atoms with van der Waals surface area (Å²) in [6.45, 7) is 2.10. The number of sulfonamides is 1. The Morgan fingerprint density at radius 1 is 1.43 bits per heavy atom. The highest BCUT2D eigenvalue weighted by atomic mass is 79.9. The van der Waals surface area contributed by atoms with E-state index in [1.807, 2.05) is 6.07 Å². The molecule has 1 fully saturated rings. The van der Waals surface area contributed by atoms with Gasteiger partial charge in [-0.3, -0.25) is 0 Å². The number of halogens is 2. The normalized spacial score (nSPS) is 21.7. The summed E-state index contributed by atoms with van der Waals surface area (Å²) in [5, 5.41) is 0. The molecule has 2 N–H and O–H groups in total. The van der Waals surface area contributed by atoms with Crippen molar-refractivity contribution in [2.75, 3.05) is 26.2 Å². The number of ether oxygens (including phenoxy) is 1. The fourth-order valence-corrected chi connectivity index (χ4v) is 5.16. The molecule has 0 aliphatic carbocycles. The highest BCUT2D eigenvalue weighted by molar-refractivity contribution is 9.10. The number of fused-ring (bicyclic) bond motifs is 1. The molecule has 3 rings (SSSR count). The lowest BCUT2D eigenvalue weighted by molar-refractivity contribution is 0.346. The summed E-state index contributed by atoms with van der Waals surface area (Å²) in [6.07, 6.45) is 1.58. The van der Waals surface area contributed by atoms with Crippen molar-refractivity contribution in [3.8, 4) is 5.75 Å². The zero-order valence-corrected chi connectivity index (χ0v) is 14.6. The quantitative estimate of drug-likeness (QED) is 0.844. The summed E-state index contributed by atoms with van der Waals surface area (Å²) in [5.41, 5.74) is 6.59. The van der Waals surface area contributed by atoms with Crippen molar-refractivity contribution in [2.24, 2.45) is 11.7 Å². The Morgan fingerprint density at radius 3 is 2.86 bits per heavy atom. The molecule has 1 saturated heterocycles. The first-order valence-corrected chi connectivity index (χ1v) is 8.91. The lowest BCUT2D eigenvalue weighted by Crippen LogP contribution is -2.30. The van der Waals surface area contributed by atoms with Crippen LogP contribution in [0, 0.1) is 5.92 Å². The molecule has 1 unspecified atom stereocenters. The van der Waals surface area contributed by atoms with Crippen LogP contribution in [0.4, 0.5) is 0 Å². The molecule has 0 spiro atoms. The van der Waals surface area contributed by atoms with Gasteiger partial charge in [0.2, 0.25) is 10.0 Å². The average Bonchev–Trinajstić information content (AvgIpc) is 3.05. The monoisotopic (exact) mass is 396 g/mol. The molecule has 2 heterocycles. The van der Waals surface area contributed by atoms with Crippen LogP contribution in [-0.4, -0.2) is 39.0 Å². The van der Waals surface area contributed by atoms with E-state index in [2.05, 4.69) is 15.9 Å². The fourth-order valence-electron chi connectivity index (χ4n) is 2.77. The van der Waals surface area contributed by atoms with Gasteiger partial charge >= 0.3 is 0 Å². The van der Waals surface area contributed by atoms with Crippen LogP contribution in [0.5, 0.6) is 5.75 Å². The summed E-state index contributed by atoms with van der Waals surface area (Å²) in [5.74, 6) is 0.773. The van der Waals surface area contributed by atoms with Crippen molar-refractivity contribution in [1.82, 2.24) is 4.31 Å². The van der Waals surface area contributed by atoms with Gasteiger partial charge in [-0.25, -0.2) is 8.42 Å². The highest BCUT2D eigenvalue weighted by Gasteiger charge is 2.35. The van der Waals surface area contributed by atoms with Crippen LogP contribution in [0.3, 0.4) is 0 Å². The van der Waals surface area contributed by atoms with E-state index in [1.54, 1.807) is 6.07 Å². The maximum atomic E-state index is 12.8. The Bertz CT molecular complexity index is 639. The van der Waals surface area contributed by atoms with E-state index in [-0.39, 0.29) is 23.2 Å². The molecule has 0 radical (unpaired) electrons. The zero-order chi connectivity index (χ0) is 14.3. The van der Waals surface area contributed by atoms with Gasteiger partial charge in [-0.2, -0.15) is 4.31 Å². The number of rotatable bonds is 3. The summed E-state index contributed by atoms with van der Waals surface area (Å²) >= 11 is 3.38. The first-order chi connectivity index (χ1) is 9.52. The highest BCUT2D eigenvalue weighted by Crippen LogP contribution is 2.38. The maximum Gasteiger partial charge on any atom is 0.246 e. The number of nitrogens with two attached hydrogens (primary N) is 1. The van der Waals surface area contributed by atoms with E-state index < -0.39 is 10.0 Å².